The fraction of sp³-hybridized carbons (Fsp3) is 0.323. The van der Waals surface area contributed by atoms with Gasteiger partial charge in [-0.15, -0.1) is 0 Å². The van der Waals surface area contributed by atoms with Crippen LogP contribution >= 0.6 is 0 Å². The van der Waals surface area contributed by atoms with Gasteiger partial charge in [0.1, 0.15) is 24.4 Å². The highest BCUT2D eigenvalue weighted by molar-refractivity contribution is 6.09. The molecule has 0 fully saturated rings. The average Bonchev–Trinajstić information content (AvgIpc) is 2.92. The lowest BCUT2D eigenvalue weighted by atomic mass is 9.90. The molecule has 0 atom stereocenters. The summed E-state index contributed by atoms with van der Waals surface area (Å²) in [5.74, 6) is 0.0641. The largest absolute Gasteiger partial charge is 0.456 e. The topological polar surface area (TPSA) is 91.6 Å². The smallest absolute Gasteiger partial charge is 0.251 e. The van der Waals surface area contributed by atoms with Crippen LogP contribution in [0.3, 0.4) is 0 Å². The van der Waals surface area contributed by atoms with E-state index in [9.17, 15) is 9.59 Å². The van der Waals surface area contributed by atoms with E-state index in [4.69, 9.17) is 10.2 Å². The number of benzene rings is 3. The monoisotopic (exact) mass is 513 g/mol. The molecule has 0 saturated heterocycles. The number of amides is 2. The fourth-order valence-corrected chi connectivity index (χ4v) is 5.02. The third kappa shape index (κ3) is 5.42. The van der Waals surface area contributed by atoms with Gasteiger partial charge in [0.25, 0.3) is 5.91 Å². The van der Waals surface area contributed by atoms with Gasteiger partial charge in [-0.2, -0.15) is 0 Å². The van der Waals surface area contributed by atoms with E-state index < -0.39 is 5.91 Å². The molecule has 2 aliphatic rings. The number of rotatable bonds is 10. The van der Waals surface area contributed by atoms with Crippen LogP contribution in [0.15, 0.2) is 65.1 Å². The summed E-state index contributed by atoms with van der Waals surface area (Å²) in [6, 6.07) is 20.1. The zero-order valence-electron chi connectivity index (χ0n) is 22.7. The average molecular weight is 514 g/mol. The minimum Gasteiger partial charge on any atom is -0.456 e. The normalized spacial score (nSPS) is 11.1. The lowest BCUT2D eigenvalue weighted by Gasteiger charge is -2.22. The molecule has 198 valence electrons. The third-order valence-corrected chi connectivity index (χ3v) is 7.04. The highest BCUT2D eigenvalue weighted by Crippen LogP contribution is 2.42. The van der Waals surface area contributed by atoms with Crippen molar-refractivity contribution in [2.75, 3.05) is 37.6 Å². The standard InChI is InChI=1S/C31H36N4O3/c1-5-34(6-2)21-13-15-25-27(19-21)38-28-20-22(35(7-3)8-4)14-16-26(28)30(25)23-11-9-10-12-24(23)31(37)33-18-17-29(32)36/h9-16,19-20H,5-8,17-18H2,1-4H3,(H2-,32,33,36,37)/p+1. The number of hydrogen-bond donors (Lipinski definition) is 2. The minimum atomic E-state index is -0.451. The summed E-state index contributed by atoms with van der Waals surface area (Å²) in [6.07, 6.45) is 0.0895. The van der Waals surface area contributed by atoms with Crippen LogP contribution < -0.4 is 25.9 Å². The summed E-state index contributed by atoms with van der Waals surface area (Å²) in [4.78, 5) is 26.7. The molecule has 7 heteroatoms. The van der Waals surface area contributed by atoms with E-state index in [2.05, 4.69) is 78.9 Å². The molecular weight excluding hydrogens is 476 g/mol. The fourth-order valence-electron chi connectivity index (χ4n) is 5.02. The van der Waals surface area contributed by atoms with Crippen LogP contribution in [0.2, 0.25) is 0 Å². The number of nitrogens with zero attached hydrogens (tertiary/aromatic N) is 2. The maximum absolute atomic E-state index is 13.2. The Morgan fingerprint density at radius 2 is 1.66 bits per heavy atom. The number of nitrogens with one attached hydrogen (secondary N) is 1. The van der Waals surface area contributed by atoms with E-state index in [0.29, 0.717) is 5.56 Å². The van der Waals surface area contributed by atoms with Gasteiger partial charge in [-0.1, -0.05) is 18.2 Å². The van der Waals surface area contributed by atoms with Gasteiger partial charge in [0.05, 0.1) is 6.07 Å². The second-order valence-electron chi connectivity index (χ2n) is 9.20. The Morgan fingerprint density at radius 1 is 0.921 bits per heavy atom. The second kappa shape index (κ2) is 11.9. The quantitative estimate of drug-likeness (QED) is 0.242. The van der Waals surface area contributed by atoms with Gasteiger partial charge in [-0.3, -0.25) is 9.59 Å². The summed E-state index contributed by atoms with van der Waals surface area (Å²) in [6.45, 7) is 12.3. The Morgan fingerprint density at radius 3 is 2.34 bits per heavy atom. The molecule has 0 radical (unpaired) electrons. The van der Waals surface area contributed by atoms with E-state index in [1.54, 1.807) is 0 Å². The predicted octanol–water partition coefficient (Wildman–Crippen LogP) is 4.47. The molecule has 0 spiro atoms. The Balaban J connectivity index is 2.00. The highest BCUT2D eigenvalue weighted by atomic mass is 16.3. The number of hydrogen-bond acceptors (Lipinski definition) is 4. The molecule has 4 rings (SSSR count). The Labute approximate surface area is 223 Å². The van der Waals surface area contributed by atoms with Crippen LogP contribution in [0.25, 0.3) is 33.4 Å². The van der Waals surface area contributed by atoms with Crippen molar-refractivity contribution in [1.82, 2.24) is 9.89 Å². The molecule has 0 unspecified atom stereocenters. The molecule has 38 heavy (non-hydrogen) atoms. The van der Waals surface area contributed by atoms with Crippen LogP contribution in [0, 0.1) is 0 Å². The van der Waals surface area contributed by atoms with Crippen molar-refractivity contribution in [3.63, 3.8) is 0 Å². The van der Waals surface area contributed by atoms with Crippen molar-refractivity contribution in [3.05, 3.63) is 71.6 Å². The first-order valence-corrected chi connectivity index (χ1v) is 13.4. The molecular formula is C31H37N4O3+. The Bertz CT molecular complexity index is 1490. The summed E-state index contributed by atoms with van der Waals surface area (Å²) in [7, 11) is 0. The van der Waals surface area contributed by atoms with Crippen molar-refractivity contribution in [1.29, 1.82) is 0 Å². The Hall–Kier alpha value is -4.13. The van der Waals surface area contributed by atoms with Crippen LogP contribution in [0.1, 0.15) is 44.5 Å². The molecule has 1 aliphatic heterocycles. The molecule has 7 nitrogen and oxygen atoms in total. The van der Waals surface area contributed by atoms with Gasteiger partial charge in [0.15, 0.2) is 0 Å². The third-order valence-electron chi connectivity index (χ3n) is 7.04. The van der Waals surface area contributed by atoms with E-state index in [-0.39, 0.29) is 18.9 Å². The van der Waals surface area contributed by atoms with Crippen LogP contribution in [-0.2, 0) is 4.79 Å². The van der Waals surface area contributed by atoms with Crippen molar-refractivity contribution in [3.8, 4) is 22.5 Å². The van der Waals surface area contributed by atoms with Gasteiger partial charge >= 0.3 is 0 Å². The van der Waals surface area contributed by atoms with Gasteiger partial charge in [0, 0.05) is 66.0 Å². The van der Waals surface area contributed by atoms with E-state index in [1.165, 1.54) is 0 Å². The number of fused-ring (bicyclic) bond motifs is 2. The maximum Gasteiger partial charge on any atom is 0.251 e. The summed E-state index contributed by atoms with van der Waals surface area (Å²) in [5, 5.41) is 4.86. The van der Waals surface area contributed by atoms with Gasteiger partial charge in [-0.25, -0.2) is 4.58 Å². The molecule has 1 heterocycles. The molecule has 2 aromatic rings. The number of nitrogens with two attached hydrogens (primary N) is 1. The first-order valence-electron chi connectivity index (χ1n) is 13.4. The Kier molecular flexibility index (Phi) is 8.46. The molecule has 0 bridgehead atoms. The maximum atomic E-state index is 13.2. The molecule has 0 aromatic heterocycles. The van der Waals surface area contributed by atoms with E-state index in [0.717, 1.165) is 70.6 Å². The highest BCUT2D eigenvalue weighted by Gasteiger charge is 2.22. The zero-order chi connectivity index (χ0) is 27.2. The van der Waals surface area contributed by atoms with Crippen molar-refractivity contribution in [2.24, 2.45) is 5.73 Å². The van der Waals surface area contributed by atoms with Gasteiger partial charge in [-0.05, 0) is 57.5 Å². The number of primary amides is 1. The number of anilines is 1. The SMILES string of the molecule is CCN(CC)c1ccc2c(-c3ccccc3C(=O)NCCC(N)=O)c3ccc(=[N+](CC)CC)cc-3oc2c1. The second-order valence-corrected chi connectivity index (χ2v) is 9.20. The molecule has 2 amide bonds. The van der Waals surface area contributed by atoms with Gasteiger partial charge < -0.3 is 20.4 Å². The summed E-state index contributed by atoms with van der Waals surface area (Å²) >= 11 is 0. The van der Waals surface area contributed by atoms with Crippen molar-refractivity contribution in [2.45, 2.75) is 34.1 Å². The number of carbonyl (C=O) groups is 2. The molecule has 1 aliphatic carbocycles. The van der Waals surface area contributed by atoms with Crippen LogP contribution in [0.5, 0.6) is 0 Å². The lowest BCUT2D eigenvalue weighted by molar-refractivity contribution is -0.117. The van der Waals surface area contributed by atoms with Crippen molar-refractivity contribution >= 4 is 28.5 Å². The molecule has 0 saturated carbocycles. The predicted molar refractivity (Wildman–Crippen MR) is 154 cm³/mol. The first-order chi connectivity index (χ1) is 18.4. The minimum absolute atomic E-state index is 0.0895. The zero-order valence-corrected chi connectivity index (χ0v) is 22.7. The summed E-state index contributed by atoms with van der Waals surface area (Å²) in [5.41, 5.74) is 10.3. The lowest BCUT2D eigenvalue weighted by Crippen LogP contribution is -2.29. The van der Waals surface area contributed by atoms with Crippen molar-refractivity contribution < 1.29 is 14.0 Å². The summed E-state index contributed by atoms with van der Waals surface area (Å²) < 4.78 is 8.84. The number of carbonyl (C=O) groups excluding carboxylic acids is 2. The molecule has 2 aromatic carbocycles. The van der Waals surface area contributed by atoms with E-state index >= 15 is 0 Å². The van der Waals surface area contributed by atoms with Gasteiger partial charge in [0.2, 0.25) is 11.3 Å². The first kappa shape index (κ1) is 26.9. The van der Waals surface area contributed by atoms with E-state index in [1.807, 2.05) is 24.3 Å². The molecule has 3 N–H and O–H groups in total. The van der Waals surface area contributed by atoms with Crippen LogP contribution in [-0.4, -0.2) is 44.5 Å². The van der Waals surface area contributed by atoms with Crippen LogP contribution in [0.4, 0.5) is 5.69 Å².